The third-order valence-corrected chi connectivity index (χ3v) is 4.65. The minimum Gasteiger partial charge on any atom is -0.497 e. The molecule has 6 heteroatoms. The molecule has 0 heterocycles. The normalized spacial score (nSPS) is 10.3. The number of nitrogen functional groups attached to an aromatic ring is 1. The minimum atomic E-state index is -0.239. The van der Waals surface area contributed by atoms with Crippen LogP contribution in [0.1, 0.15) is 15.9 Å². The molecule has 2 N–H and O–H groups in total. The molecule has 0 aliphatic carbocycles. The Morgan fingerprint density at radius 1 is 0.724 bits per heavy atom. The van der Waals surface area contributed by atoms with Gasteiger partial charge < -0.3 is 24.7 Å². The molecular formula is C23H23NO5. The first-order valence-electron chi connectivity index (χ1n) is 8.91. The Morgan fingerprint density at radius 3 is 1.83 bits per heavy atom. The lowest BCUT2D eigenvalue weighted by atomic mass is 9.96. The summed E-state index contributed by atoms with van der Waals surface area (Å²) in [6.07, 6.45) is 0. The van der Waals surface area contributed by atoms with E-state index >= 15 is 0 Å². The van der Waals surface area contributed by atoms with E-state index in [1.807, 2.05) is 30.3 Å². The molecule has 0 saturated carbocycles. The maximum Gasteiger partial charge on any atom is 0.203 e. The highest BCUT2D eigenvalue weighted by Crippen LogP contribution is 2.39. The van der Waals surface area contributed by atoms with Crippen molar-refractivity contribution in [1.82, 2.24) is 0 Å². The van der Waals surface area contributed by atoms with Crippen molar-refractivity contribution >= 4 is 11.5 Å². The van der Waals surface area contributed by atoms with Gasteiger partial charge in [-0.3, -0.25) is 4.79 Å². The van der Waals surface area contributed by atoms with Crippen molar-refractivity contribution in [3.8, 4) is 34.1 Å². The molecule has 150 valence electrons. The van der Waals surface area contributed by atoms with Crippen LogP contribution in [-0.4, -0.2) is 34.2 Å². The van der Waals surface area contributed by atoms with Crippen LogP contribution in [-0.2, 0) is 0 Å². The molecule has 29 heavy (non-hydrogen) atoms. The number of carbonyl (C=O) groups excluding carboxylic acids is 1. The second kappa shape index (κ2) is 8.56. The van der Waals surface area contributed by atoms with Crippen molar-refractivity contribution < 1.29 is 23.7 Å². The van der Waals surface area contributed by atoms with Crippen molar-refractivity contribution in [1.29, 1.82) is 0 Å². The van der Waals surface area contributed by atoms with Gasteiger partial charge in [-0.05, 0) is 47.5 Å². The quantitative estimate of drug-likeness (QED) is 0.479. The van der Waals surface area contributed by atoms with Crippen molar-refractivity contribution in [2.24, 2.45) is 0 Å². The van der Waals surface area contributed by atoms with Crippen molar-refractivity contribution in [3.05, 3.63) is 65.7 Å². The van der Waals surface area contributed by atoms with E-state index < -0.39 is 0 Å². The van der Waals surface area contributed by atoms with Gasteiger partial charge in [0, 0.05) is 16.8 Å². The van der Waals surface area contributed by atoms with E-state index in [-0.39, 0.29) is 5.78 Å². The van der Waals surface area contributed by atoms with Crippen molar-refractivity contribution in [2.45, 2.75) is 0 Å². The molecular weight excluding hydrogens is 370 g/mol. The third-order valence-electron chi connectivity index (χ3n) is 4.65. The smallest absolute Gasteiger partial charge is 0.203 e. The number of nitrogens with two attached hydrogens (primary N) is 1. The molecule has 0 aromatic heterocycles. The van der Waals surface area contributed by atoms with Crippen molar-refractivity contribution in [3.63, 3.8) is 0 Å². The molecule has 0 aliphatic heterocycles. The van der Waals surface area contributed by atoms with Gasteiger partial charge in [0.05, 0.1) is 28.4 Å². The Hall–Kier alpha value is -3.67. The molecule has 0 bridgehead atoms. The standard InChI is InChI=1S/C23H23NO5/c1-26-17-8-5-14(6-9-17)15-7-10-19(24)18(11-15)22(25)16-12-20(27-2)23(29-4)21(13-16)28-3/h5-13H,24H2,1-4H3. The van der Waals surface area contributed by atoms with Gasteiger partial charge >= 0.3 is 0 Å². The number of benzene rings is 3. The molecule has 3 aromatic carbocycles. The minimum absolute atomic E-state index is 0.239. The molecule has 3 aromatic rings. The largest absolute Gasteiger partial charge is 0.497 e. The summed E-state index contributed by atoms with van der Waals surface area (Å²) >= 11 is 0. The average Bonchev–Trinajstić information content (AvgIpc) is 2.77. The number of ketones is 1. The summed E-state index contributed by atoms with van der Waals surface area (Å²) in [4.78, 5) is 13.2. The zero-order valence-corrected chi connectivity index (χ0v) is 16.8. The van der Waals surface area contributed by atoms with E-state index in [0.29, 0.717) is 34.1 Å². The van der Waals surface area contributed by atoms with Gasteiger partial charge in [-0.25, -0.2) is 0 Å². The first-order valence-corrected chi connectivity index (χ1v) is 8.91. The number of carbonyl (C=O) groups is 1. The summed E-state index contributed by atoms with van der Waals surface area (Å²) in [7, 11) is 6.14. The molecule has 0 amide bonds. The molecule has 0 fully saturated rings. The Kier molecular flexibility index (Phi) is 5.93. The van der Waals surface area contributed by atoms with Crippen LogP contribution in [0.2, 0.25) is 0 Å². The van der Waals surface area contributed by atoms with Gasteiger partial charge in [0.15, 0.2) is 17.3 Å². The Morgan fingerprint density at radius 2 is 1.31 bits per heavy atom. The predicted octanol–water partition coefficient (Wildman–Crippen LogP) is 4.20. The Balaban J connectivity index is 2.05. The first-order chi connectivity index (χ1) is 14.0. The molecule has 0 unspecified atom stereocenters. The summed E-state index contributed by atoms with van der Waals surface area (Å²) in [5.74, 6) is 1.75. The topological polar surface area (TPSA) is 80.0 Å². The molecule has 0 atom stereocenters. The summed E-state index contributed by atoms with van der Waals surface area (Å²) in [5.41, 5.74) is 9.12. The van der Waals surface area contributed by atoms with Gasteiger partial charge in [-0.15, -0.1) is 0 Å². The zero-order valence-electron chi connectivity index (χ0n) is 16.8. The molecule has 0 aliphatic rings. The fraction of sp³-hybridized carbons (Fsp3) is 0.174. The maximum atomic E-state index is 13.2. The lowest BCUT2D eigenvalue weighted by molar-refractivity contribution is 0.103. The van der Waals surface area contributed by atoms with Gasteiger partial charge in [0.1, 0.15) is 5.75 Å². The summed E-state index contributed by atoms with van der Waals surface area (Å²) in [6.45, 7) is 0. The average molecular weight is 393 g/mol. The highest BCUT2D eigenvalue weighted by atomic mass is 16.5. The number of hydrogen-bond acceptors (Lipinski definition) is 6. The lowest BCUT2D eigenvalue weighted by Crippen LogP contribution is -2.07. The predicted molar refractivity (Wildman–Crippen MR) is 112 cm³/mol. The van der Waals surface area contributed by atoms with Crippen molar-refractivity contribution in [2.75, 3.05) is 34.2 Å². The summed E-state index contributed by atoms with van der Waals surface area (Å²) in [6, 6.07) is 16.2. The molecule has 3 rings (SSSR count). The van der Waals surface area contributed by atoms with E-state index in [1.54, 1.807) is 31.4 Å². The lowest BCUT2D eigenvalue weighted by Gasteiger charge is -2.14. The zero-order chi connectivity index (χ0) is 21.0. The molecule has 6 nitrogen and oxygen atoms in total. The fourth-order valence-electron chi connectivity index (χ4n) is 3.08. The third kappa shape index (κ3) is 3.96. The summed E-state index contributed by atoms with van der Waals surface area (Å²) < 4.78 is 21.2. The van der Waals surface area contributed by atoms with E-state index in [1.165, 1.54) is 21.3 Å². The Bertz CT molecular complexity index is 1000. The van der Waals surface area contributed by atoms with Crippen LogP contribution >= 0.6 is 0 Å². The van der Waals surface area contributed by atoms with Gasteiger partial charge in [-0.2, -0.15) is 0 Å². The number of ether oxygens (including phenoxy) is 4. The molecule has 0 saturated heterocycles. The highest BCUT2D eigenvalue weighted by molar-refractivity contribution is 6.13. The maximum absolute atomic E-state index is 13.2. The van der Waals surface area contributed by atoms with Crippen LogP contribution in [0.25, 0.3) is 11.1 Å². The van der Waals surface area contributed by atoms with E-state index in [9.17, 15) is 4.79 Å². The van der Waals surface area contributed by atoms with Gasteiger partial charge in [0.25, 0.3) is 0 Å². The second-order valence-electron chi connectivity index (χ2n) is 6.27. The van der Waals surface area contributed by atoms with Crippen LogP contribution < -0.4 is 24.7 Å². The van der Waals surface area contributed by atoms with Crippen LogP contribution in [0.4, 0.5) is 5.69 Å². The highest BCUT2D eigenvalue weighted by Gasteiger charge is 2.20. The monoisotopic (exact) mass is 393 g/mol. The first kappa shape index (κ1) is 20.1. The number of rotatable bonds is 7. The van der Waals surface area contributed by atoms with Crippen LogP contribution in [0, 0.1) is 0 Å². The van der Waals surface area contributed by atoms with E-state index in [0.717, 1.165) is 16.9 Å². The van der Waals surface area contributed by atoms with E-state index in [2.05, 4.69) is 0 Å². The SMILES string of the molecule is COc1ccc(-c2ccc(N)c(C(=O)c3cc(OC)c(OC)c(OC)c3)c2)cc1. The Labute approximate surface area is 169 Å². The number of hydrogen-bond donors (Lipinski definition) is 1. The molecule has 0 radical (unpaired) electrons. The molecule has 0 spiro atoms. The number of methoxy groups -OCH3 is 4. The van der Waals surface area contributed by atoms with Gasteiger partial charge in [-0.1, -0.05) is 18.2 Å². The fourth-order valence-corrected chi connectivity index (χ4v) is 3.08. The summed E-state index contributed by atoms with van der Waals surface area (Å²) in [5, 5.41) is 0. The van der Waals surface area contributed by atoms with Crippen LogP contribution in [0.5, 0.6) is 23.0 Å². The second-order valence-corrected chi connectivity index (χ2v) is 6.27. The van der Waals surface area contributed by atoms with Gasteiger partial charge in [0.2, 0.25) is 5.75 Å². The number of anilines is 1. The van der Waals surface area contributed by atoms with E-state index in [4.69, 9.17) is 24.7 Å². The van der Waals surface area contributed by atoms with Crippen LogP contribution in [0.15, 0.2) is 54.6 Å². The van der Waals surface area contributed by atoms with Crippen LogP contribution in [0.3, 0.4) is 0 Å².